The molecule has 0 spiro atoms. The Hall–Kier alpha value is -2.44. The number of aryl methyl sites for hydroxylation is 2. The van der Waals surface area contributed by atoms with Crippen molar-refractivity contribution in [1.29, 1.82) is 0 Å². The molecule has 0 unspecified atom stereocenters. The highest BCUT2D eigenvalue weighted by Crippen LogP contribution is 2.18. The Kier molecular flexibility index (Phi) is 4.32. The zero-order chi connectivity index (χ0) is 15.4. The lowest BCUT2D eigenvalue weighted by Crippen LogP contribution is -2.31. The lowest BCUT2D eigenvalue weighted by Gasteiger charge is -2.17. The molecule has 1 aromatic carbocycles. The van der Waals surface area contributed by atoms with Crippen molar-refractivity contribution >= 4 is 5.91 Å². The topological polar surface area (TPSA) is 73.1 Å². The van der Waals surface area contributed by atoms with Crippen LogP contribution in [0.2, 0.25) is 0 Å². The van der Waals surface area contributed by atoms with E-state index in [9.17, 15) is 4.79 Å². The van der Waals surface area contributed by atoms with Crippen molar-refractivity contribution in [3.8, 4) is 5.75 Å². The van der Waals surface area contributed by atoms with Crippen molar-refractivity contribution in [1.82, 2.24) is 25.1 Å². The molecule has 2 aromatic rings. The molecule has 1 aliphatic rings. The average Bonchev–Trinajstić information content (AvgIpc) is 3.15. The van der Waals surface area contributed by atoms with Crippen molar-refractivity contribution in [2.75, 3.05) is 13.1 Å². The van der Waals surface area contributed by atoms with E-state index >= 15 is 0 Å². The first-order chi connectivity index (χ1) is 10.7. The molecule has 0 saturated carbocycles. The number of benzene rings is 1. The van der Waals surface area contributed by atoms with Gasteiger partial charge < -0.3 is 9.64 Å². The minimum Gasteiger partial charge on any atom is -0.489 e. The predicted octanol–water partition coefficient (Wildman–Crippen LogP) is 1.05. The number of aromatic nitrogens is 4. The Morgan fingerprint density at radius 2 is 2.18 bits per heavy atom. The number of rotatable bonds is 5. The zero-order valence-electron chi connectivity index (χ0n) is 12.6. The van der Waals surface area contributed by atoms with Gasteiger partial charge in [-0.25, -0.2) is 4.68 Å². The van der Waals surface area contributed by atoms with Gasteiger partial charge in [-0.1, -0.05) is 18.2 Å². The summed E-state index contributed by atoms with van der Waals surface area (Å²) in [5.41, 5.74) is 0. The van der Waals surface area contributed by atoms with E-state index in [1.165, 1.54) is 0 Å². The molecular weight excluding hydrogens is 282 g/mol. The third kappa shape index (κ3) is 3.41. The van der Waals surface area contributed by atoms with E-state index in [0.29, 0.717) is 19.5 Å². The van der Waals surface area contributed by atoms with Crippen molar-refractivity contribution in [2.24, 2.45) is 0 Å². The predicted molar refractivity (Wildman–Crippen MR) is 79.2 cm³/mol. The standard InChI is InChI=1S/C15H19N5O2/c1-12-16-17-18-20(12)10-8-15(21)19-9-7-14(11-19)22-13-5-3-2-4-6-13/h2-6,14H,7-11H2,1H3/t14-/m0/s1. The van der Waals surface area contributed by atoms with Gasteiger partial charge in [-0.3, -0.25) is 4.79 Å². The number of hydrogen-bond acceptors (Lipinski definition) is 5. The number of tetrazole rings is 1. The quantitative estimate of drug-likeness (QED) is 0.825. The minimum atomic E-state index is 0.0705. The third-order valence-corrected chi connectivity index (χ3v) is 3.79. The Balaban J connectivity index is 1.47. The van der Waals surface area contributed by atoms with Gasteiger partial charge in [0, 0.05) is 19.4 Å². The van der Waals surface area contributed by atoms with E-state index in [4.69, 9.17) is 4.74 Å². The second-order valence-electron chi connectivity index (χ2n) is 5.38. The molecule has 0 radical (unpaired) electrons. The first-order valence-electron chi connectivity index (χ1n) is 7.44. The molecule has 1 aliphatic heterocycles. The van der Waals surface area contributed by atoms with Gasteiger partial charge in [0.15, 0.2) is 0 Å². The number of amides is 1. The van der Waals surface area contributed by atoms with Crippen LogP contribution < -0.4 is 4.74 Å². The summed E-state index contributed by atoms with van der Waals surface area (Å²) in [7, 11) is 0. The van der Waals surface area contributed by atoms with Crippen LogP contribution in [0, 0.1) is 6.92 Å². The van der Waals surface area contributed by atoms with Crippen LogP contribution in [0.1, 0.15) is 18.7 Å². The first-order valence-corrected chi connectivity index (χ1v) is 7.44. The minimum absolute atomic E-state index is 0.0705. The number of carbonyl (C=O) groups excluding carboxylic acids is 1. The summed E-state index contributed by atoms with van der Waals surface area (Å²) in [6, 6.07) is 9.72. The van der Waals surface area contributed by atoms with Gasteiger partial charge in [-0.15, -0.1) is 5.10 Å². The normalized spacial score (nSPS) is 17.7. The highest BCUT2D eigenvalue weighted by Gasteiger charge is 2.27. The number of likely N-dealkylation sites (tertiary alicyclic amines) is 1. The molecule has 1 fully saturated rings. The summed E-state index contributed by atoms with van der Waals surface area (Å²) in [6.45, 7) is 3.72. The number of carbonyl (C=O) groups is 1. The molecule has 22 heavy (non-hydrogen) atoms. The van der Waals surface area contributed by atoms with Crippen LogP contribution in [-0.2, 0) is 11.3 Å². The molecule has 2 heterocycles. The summed E-state index contributed by atoms with van der Waals surface area (Å²) in [5.74, 6) is 1.69. The number of nitrogens with zero attached hydrogens (tertiary/aromatic N) is 5. The van der Waals surface area contributed by atoms with E-state index in [1.807, 2.05) is 42.2 Å². The molecule has 3 rings (SSSR count). The molecule has 1 aromatic heterocycles. The fraction of sp³-hybridized carbons (Fsp3) is 0.467. The maximum absolute atomic E-state index is 12.2. The molecule has 1 saturated heterocycles. The Morgan fingerprint density at radius 1 is 1.36 bits per heavy atom. The number of para-hydroxylation sites is 1. The van der Waals surface area contributed by atoms with Gasteiger partial charge in [0.25, 0.3) is 0 Å². The van der Waals surface area contributed by atoms with Crippen molar-refractivity contribution in [3.63, 3.8) is 0 Å². The van der Waals surface area contributed by atoms with E-state index in [2.05, 4.69) is 15.5 Å². The molecule has 7 heteroatoms. The van der Waals surface area contributed by atoms with Crippen LogP contribution in [0.25, 0.3) is 0 Å². The van der Waals surface area contributed by atoms with Gasteiger partial charge in [-0.05, 0) is 29.5 Å². The van der Waals surface area contributed by atoms with Crippen molar-refractivity contribution in [3.05, 3.63) is 36.2 Å². The van der Waals surface area contributed by atoms with Crippen LogP contribution in [0.4, 0.5) is 0 Å². The summed E-state index contributed by atoms with van der Waals surface area (Å²) >= 11 is 0. The van der Waals surface area contributed by atoms with Gasteiger partial charge in [0.2, 0.25) is 5.91 Å². The summed E-state index contributed by atoms with van der Waals surface area (Å²) < 4.78 is 7.54. The smallest absolute Gasteiger partial charge is 0.224 e. The highest BCUT2D eigenvalue weighted by molar-refractivity contribution is 5.76. The maximum Gasteiger partial charge on any atom is 0.224 e. The van der Waals surface area contributed by atoms with Gasteiger partial charge in [-0.2, -0.15) is 0 Å². The van der Waals surface area contributed by atoms with E-state index < -0.39 is 0 Å². The molecule has 0 bridgehead atoms. The zero-order valence-corrected chi connectivity index (χ0v) is 12.6. The first kappa shape index (κ1) is 14.5. The SMILES string of the molecule is Cc1nnnn1CCC(=O)N1CC[C@H](Oc2ccccc2)C1. The molecule has 7 nitrogen and oxygen atoms in total. The van der Waals surface area contributed by atoms with Crippen molar-refractivity contribution < 1.29 is 9.53 Å². The molecular formula is C15H19N5O2. The average molecular weight is 301 g/mol. The molecule has 0 aliphatic carbocycles. The third-order valence-electron chi connectivity index (χ3n) is 3.79. The lowest BCUT2D eigenvalue weighted by atomic mass is 10.3. The van der Waals surface area contributed by atoms with Gasteiger partial charge >= 0.3 is 0 Å². The van der Waals surface area contributed by atoms with Gasteiger partial charge in [0.05, 0.1) is 13.1 Å². The van der Waals surface area contributed by atoms with Crippen LogP contribution >= 0.6 is 0 Å². The van der Waals surface area contributed by atoms with E-state index in [-0.39, 0.29) is 12.0 Å². The fourth-order valence-corrected chi connectivity index (χ4v) is 2.56. The Morgan fingerprint density at radius 3 is 2.91 bits per heavy atom. The summed E-state index contributed by atoms with van der Waals surface area (Å²) in [4.78, 5) is 14.1. The number of hydrogen-bond donors (Lipinski definition) is 0. The van der Waals surface area contributed by atoms with Crippen LogP contribution in [-0.4, -0.2) is 50.2 Å². The van der Waals surface area contributed by atoms with Crippen LogP contribution in [0.3, 0.4) is 0 Å². The van der Waals surface area contributed by atoms with Crippen molar-refractivity contribution in [2.45, 2.75) is 32.4 Å². The highest BCUT2D eigenvalue weighted by atomic mass is 16.5. The second-order valence-corrected chi connectivity index (χ2v) is 5.38. The monoisotopic (exact) mass is 301 g/mol. The lowest BCUT2D eigenvalue weighted by molar-refractivity contribution is -0.130. The maximum atomic E-state index is 12.2. The van der Waals surface area contributed by atoms with E-state index in [0.717, 1.165) is 24.5 Å². The number of ether oxygens (including phenoxy) is 1. The molecule has 1 atom stereocenters. The second kappa shape index (κ2) is 6.55. The fourth-order valence-electron chi connectivity index (χ4n) is 2.56. The molecule has 0 N–H and O–H groups in total. The molecule has 1 amide bonds. The van der Waals surface area contributed by atoms with E-state index in [1.54, 1.807) is 4.68 Å². The van der Waals surface area contributed by atoms with Gasteiger partial charge in [0.1, 0.15) is 17.7 Å². The van der Waals surface area contributed by atoms with Crippen LogP contribution in [0.15, 0.2) is 30.3 Å². The molecule has 116 valence electrons. The largest absolute Gasteiger partial charge is 0.489 e. The summed E-state index contributed by atoms with van der Waals surface area (Å²) in [6.07, 6.45) is 1.34. The van der Waals surface area contributed by atoms with Crippen LogP contribution in [0.5, 0.6) is 5.75 Å². The Bertz CT molecular complexity index is 628. The Labute approximate surface area is 128 Å². The summed E-state index contributed by atoms with van der Waals surface area (Å²) in [5, 5.41) is 11.2.